The highest BCUT2D eigenvalue weighted by molar-refractivity contribution is 5.79. The first-order chi connectivity index (χ1) is 16.4. The molecule has 4 rings (SSSR count). The minimum Gasteiger partial charge on any atom is -0.366 e. The molecule has 9 heteroatoms. The molecule has 9 nitrogen and oxygen atoms in total. The normalized spacial score (nSPS) is 18.3. The van der Waals surface area contributed by atoms with Gasteiger partial charge in [0.05, 0.1) is 11.4 Å². The first-order valence-corrected chi connectivity index (χ1v) is 12.2. The number of piperazine rings is 1. The number of nitrogens with zero attached hydrogens (tertiary/aromatic N) is 5. The molecule has 1 amide bonds. The van der Waals surface area contributed by atoms with Gasteiger partial charge in [-0.2, -0.15) is 0 Å². The van der Waals surface area contributed by atoms with E-state index in [9.17, 15) is 14.4 Å². The number of nitrogens with one attached hydrogen (secondary N) is 1. The maximum atomic E-state index is 13.0. The molecule has 2 aromatic rings. The second kappa shape index (κ2) is 10.6. The van der Waals surface area contributed by atoms with E-state index in [0.29, 0.717) is 43.9 Å². The van der Waals surface area contributed by atoms with Gasteiger partial charge in [-0.15, -0.1) is 0 Å². The van der Waals surface area contributed by atoms with Gasteiger partial charge in [-0.05, 0) is 38.9 Å². The van der Waals surface area contributed by atoms with Crippen molar-refractivity contribution in [3.8, 4) is 5.69 Å². The molecular weight excluding hydrogens is 432 g/mol. The van der Waals surface area contributed by atoms with Crippen molar-refractivity contribution in [2.45, 2.75) is 19.8 Å². The zero-order chi connectivity index (χ0) is 24.2. The Morgan fingerprint density at radius 2 is 1.62 bits per heavy atom. The van der Waals surface area contributed by atoms with Crippen LogP contribution in [-0.2, 0) is 11.8 Å². The van der Waals surface area contributed by atoms with E-state index in [1.807, 2.05) is 42.2 Å². The standard InChI is InChI=1S/C25H36N6O3/c1-19-22(24(33)28(3)25(34)31(19)21-7-5-4-6-8-21)30-12-9-20(10-13-30)23(32)26-11-14-29-17-15-27(2)16-18-29/h4-8,20H,9-18H2,1-3H3,(H,26,32). The van der Waals surface area contributed by atoms with Gasteiger partial charge in [0.25, 0.3) is 5.56 Å². The Hall–Kier alpha value is -2.91. The number of para-hydroxylation sites is 1. The topological polar surface area (TPSA) is 82.8 Å². The number of carbonyl (C=O) groups is 1. The Morgan fingerprint density at radius 1 is 0.971 bits per heavy atom. The predicted octanol–water partition coefficient (Wildman–Crippen LogP) is 0.425. The molecular formula is C25H36N6O3. The Bertz CT molecular complexity index is 1110. The smallest absolute Gasteiger partial charge is 0.335 e. The van der Waals surface area contributed by atoms with Crippen molar-refractivity contribution in [2.24, 2.45) is 13.0 Å². The molecule has 0 saturated carbocycles. The number of piperidine rings is 1. The maximum absolute atomic E-state index is 13.0. The third kappa shape index (κ3) is 5.10. The fourth-order valence-corrected chi connectivity index (χ4v) is 4.96. The summed E-state index contributed by atoms with van der Waals surface area (Å²) in [5, 5.41) is 3.11. The average molecular weight is 469 g/mol. The summed E-state index contributed by atoms with van der Waals surface area (Å²) in [7, 11) is 3.66. The van der Waals surface area contributed by atoms with Gasteiger partial charge in [-0.1, -0.05) is 18.2 Å². The number of hydrogen-bond donors (Lipinski definition) is 1. The quantitative estimate of drug-likeness (QED) is 0.662. The molecule has 2 saturated heterocycles. The molecule has 1 aromatic heterocycles. The molecule has 2 aliphatic rings. The molecule has 3 heterocycles. The third-order valence-corrected chi connectivity index (χ3v) is 7.18. The molecule has 0 bridgehead atoms. The summed E-state index contributed by atoms with van der Waals surface area (Å²) in [4.78, 5) is 45.4. The van der Waals surface area contributed by atoms with Gasteiger partial charge in [0.1, 0.15) is 5.69 Å². The Balaban J connectivity index is 1.39. The molecule has 0 radical (unpaired) electrons. The predicted molar refractivity (Wildman–Crippen MR) is 134 cm³/mol. The fraction of sp³-hybridized carbons (Fsp3) is 0.560. The summed E-state index contributed by atoms with van der Waals surface area (Å²) in [6.07, 6.45) is 1.38. The lowest BCUT2D eigenvalue weighted by Crippen LogP contribution is -2.48. The van der Waals surface area contributed by atoms with Crippen molar-refractivity contribution in [1.29, 1.82) is 0 Å². The van der Waals surface area contributed by atoms with Crippen molar-refractivity contribution in [2.75, 3.05) is 64.3 Å². The van der Waals surface area contributed by atoms with E-state index in [1.54, 1.807) is 4.57 Å². The van der Waals surface area contributed by atoms with Gasteiger partial charge in [0, 0.05) is 65.3 Å². The second-order valence-electron chi connectivity index (χ2n) is 9.45. The van der Waals surface area contributed by atoms with Crippen LogP contribution in [0, 0.1) is 12.8 Å². The van der Waals surface area contributed by atoms with Crippen LogP contribution in [0.4, 0.5) is 5.69 Å². The first kappa shape index (κ1) is 24.2. The van der Waals surface area contributed by atoms with E-state index in [-0.39, 0.29) is 23.1 Å². The van der Waals surface area contributed by atoms with Crippen LogP contribution in [0.5, 0.6) is 0 Å². The number of benzene rings is 1. The van der Waals surface area contributed by atoms with Gasteiger partial charge in [0.15, 0.2) is 0 Å². The lowest BCUT2D eigenvalue weighted by atomic mass is 9.95. The highest BCUT2D eigenvalue weighted by Gasteiger charge is 2.28. The molecule has 2 fully saturated rings. The molecule has 1 aromatic carbocycles. The van der Waals surface area contributed by atoms with Crippen LogP contribution in [0.25, 0.3) is 5.69 Å². The van der Waals surface area contributed by atoms with E-state index < -0.39 is 0 Å². The van der Waals surface area contributed by atoms with Crippen LogP contribution < -0.4 is 21.5 Å². The van der Waals surface area contributed by atoms with Crippen LogP contribution in [0.15, 0.2) is 39.9 Å². The Morgan fingerprint density at radius 3 is 2.26 bits per heavy atom. The van der Waals surface area contributed by atoms with Crippen molar-refractivity contribution < 1.29 is 4.79 Å². The number of anilines is 1. The first-order valence-electron chi connectivity index (χ1n) is 12.2. The zero-order valence-corrected chi connectivity index (χ0v) is 20.5. The number of aromatic nitrogens is 2. The minimum absolute atomic E-state index is 0.0482. The number of likely N-dealkylation sites (N-methyl/N-ethyl adjacent to an activating group) is 1. The number of rotatable bonds is 6. The van der Waals surface area contributed by atoms with E-state index in [1.165, 1.54) is 11.6 Å². The summed E-state index contributed by atoms with van der Waals surface area (Å²) in [5.74, 6) is 0.0561. The number of hydrogen-bond acceptors (Lipinski definition) is 6. The second-order valence-corrected chi connectivity index (χ2v) is 9.45. The van der Waals surface area contributed by atoms with Crippen molar-refractivity contribution in [1.82, 2.24) is 24.3 Å². The summed E-state index contributed by atoms with van der Waals surface area (Å²) < 4.78 is 2.76. The molecule has 0 atom stereocenters. The average Bonchev–Trinajstić information content (AvgIpc) is 2.85. The van der Waals surface area contributed by atoms with Gasteiger partial charge in [-0.3, -0.25) is 23.6 Å². The monoisotopic (exact) mass is 468 g/mol. The number of amides is 1. The SMILES string of the molecule is Cc1c(N2CCC(C(=O)NCCN3CCN(C)CC3)CC2)c(=O)n(C)c(=O)n1-c1ccccc1. The van der Waals surface area contributed by atoms with Crippen LogP contribution >= 0.6 is 0 Å². The highest BCUT2D eigenvalue weighted by Crippen LogP contribution is 2.24. The van der Waals surface area contributed by atoms with Crippen molar-refractivity contribution in [3.63, 3.8) is 0 Å². The van der Waals surface area contributed by atoms with Crippen molar-refractivity contribution >= 4 is 11.6 Å². The van der Waals surface area contributed by atoms with Crippen molar-refractivity contribution in [3.05, 3.63) is 56.9 Å². The lowest BCUT2D eigenvalue weighted by Gasteiger charge is -2.34. The van der Waals surface area contributed by atoms with E-state index >= 15 is 0 Å². The van der Waals surface area contributed by atoms with E-state index in [4.69, 9.17) is 0 Å². The summed E-state index contributed by atoms with van der Waals surface area (Å²) >= 11 is 0. The summed E-state index contributed by atoms with van der Waals surface area (Å²) in [6, 6.07) is 9.37. The number of carbonyl (C=O) groups excluding carboxylic acids is 1. The zero-order valence-electron chi connectivity index (χ0n) is 20.5. The van der Waals surface area contributed by atoms with E-state index in [0.717, 1.165) is 38.4 Å². The van der Waals surface area contributed by atoms with Gasteiger partial charge >= 0.3 is 5.69 Å². The Labute approximate surface area is 200 Å². The van der Waals surface area contributed by atoms with E-state index in [2.05, 4.69) is 22.2 Å². The Kier molecular flexibility index (Phi) is 7.53. The van der Waals surface area contributed by atoms with Gasteiger partial charge in [-0.25, -0.2) is 4.79 Å². The molecule has 1 N–H and O–H groups in total. The largest absolute Gasteiger partial charge is 0.366 e. The lowest BCUT2D eigenvalue weighted by molar-refractivity contribution is -0.125. The van der Waals surface area contributed by atoms with Crippen LogP contribution in [0.3, 0.4) is 0 Å². The molecule has 0 spiro atoms. The summed E-state index contributed by atoms with van der Waals surface area (Å²) in [6.45, 7) is 8.83. The molecule has 184 valence electrons. The maximum Gasteiger partial charge on any atom is 0.335 e. The van der Waals surface area contributed by atoms with Gasteiger partial charge in [0.2, 0.25) is 5.91 Å². The van der Waals surface area contributed by atoms with Gasteiger partial charge < -0.3 is 15.1 Å². The highest BCUT2D eigenvalue weighted by atomic mass is 16.2. The molecule has 0 aliphatic carbocycles. The molecule has 34 heavy (non-hydrogen) atoms. The van der Waals surface area contributed by atoms with Crippen LogP contribution in [0.1, 0.15) is 18.5 Å². The minimum atomic E-state index is -0.355. The summed E-state index contributed by atoms with van der Waals surface area (Å²) in [5.41, 5.74) is 1.27. The molecule has 2 aliphatic heterocycles. The third-order valence-electron chi connectivity index (χ3n) is 7.18. The van der Waals surface area contributed by atoms with Crippen LogP contribution in [0.2, 0.25) is 0 Å². The van der Waals surface area contributed by atoms with Crippen LogP contribution in [-0.4, -0.2) is 84.2 Å². The fourth-order valence-electron chi connectivity index (χ4n) is 4.96. The molecule has 0 unspecified atom stereocenters.